The molecule has 0 aliphatic carbocycles. The predicted octanol–water partition coefficient (Wildman–Crippen LogP) is 8.70. The van der Waals surface area contributed by atoms with E-state index in [-0.39, 0.29) is 28.5 Å². The Balaban J connectivity index is 1.20. The summed E-state index contributed by atoms with van der Waals surface area (Å²) in [7, 11) is 4.97. The highest BCUT2D eigenvalue weighted by Gasteiger charge is 2.24. The summed E-state index contributed by atoms with van der Waals surface area (Å²) < 4.78 is 0. The summed E-state index contributed by atoms with van der Waals surface area (Å²) in [5, 5.41) is 0. The molecule has 54 heavy (non-hydrogen) atoms. The fraction of sp³-hybridized carbons (Fsp3) is 0.0667. The van der Waals surface area contributed by atoms with Gasteiger partial charge in [-0.1, -0.05) is 66.7 Å². The third-order valence-electron chi connectivity index (χ3n) is 9.23. The Bertz CT molecular complexity index is 2120. The minimum Gasteiger partial charge on any atom is -0.311 e. The lowest BCUT2D eigenvalue weighted by Gasteiger charge is -2.22. The highest BCUT2D eigenvalue weighted by Crippen LogP contribution is 2.27. The maximum atomic E-state index is 14.1. The van der Waals surface area contributed by atoms with E-state index in [0.29, 0.717) is 28.5 Å². The van der Waals surface area contributed by atoms with Gasteiger partial charge in [0.05, 0.1) is 29.0 Å². The van der Waals surface area contributed by atoms with Gasteiger partial charge in [-0.05, 0) is 90.0 Å². The lowest BCUT2D eigenvalue weighted by atomic mass is 10.0. The Morgan fingerprint density at radius 3 is 1.26 bits per heavy atom. The number of carbonyl (C=O) groups is 3. The van der Waals surface area contributed by atoms with Crippen molar-refractivity contribution in [1.82, 2.24) is 15.0 Å². The van der Waals surface area contributed by atoms with Gasteiger partial charge < -0.3 is 14.7 Å². The quantitative estimate of drug-likeness (QED) is 0.149. The predicted molar refractivity (Wildman–Crippen MR) is 214 cm³/mol. The first kappa shape index (κ1) is 35.2. The molecule has 7 rings (SSSR count). The summed E-state index contributed by atoms with van der Waals surface area (Å²) in [5.74, 6) is -1.18. The van der Waals surface area contributed by atoms with Crippen LogP contribution in [0.4, 0.5) is 17.1 Å². The molecule has 0 fully saturated rings. The maximum Gasteiger partial charge on any atom is 0.258 e. The van der Waals surface area contributed by atoms with Gasteiger partial charge in [0.2, 0.25) is 0 Å². The third kappa shape index (κ3) is 7.51. The van der Waals surface area contributed by atoms with Crippen LogP contribution in [0.5, 0.6) is 0 Å². The molecule has 4 aromatic carbocycles. The van der Waals surface area contributed by atoms with Crippen molar-refractivity contribution in [1.29, 1.82) is 0 Å². The van der Waals surface area contributed by atoms with Crippen LogP contribution in [0.2, 0.25) is 0 Å². The van der Waals surface area contributed by atoms with Crippen molar-refractivity contribution >= 4 is 34.8 Å². The van der Waals surface area contributed by atoms with E-state index in [0.717, 1.165) is 22.4 Å². The second-order valence-electron chi connectivity index (χ2n) is 12.7. The van der Waals surface area contributed by atoms with Crippen LogP contribution in [-0.2, 0) is 0 Å². The van der Waals surface area contributed by atoms with E-state index in [2.05, 4.69) is 15.0 Å². The Morgan fingerprint density at radius 2 is 0.796 bits per heavy atom. The number of anilines is 3. The number of amides is 3. The molecule has 9 nitrogen and oxygen atoms in total. The fourth-order valence-electron chi connectivity index (χ4n) is 6.08. The number of benzene rings is 4. The summed E-state index contributed by atoms with van der Waals surface area (Å²) in [6, 6.07) is 44.6. The van der Waals surface area contributed by atoms with Crippen LogP contribution in [0.3, 0.4) is 0 Å². The molecule has 0 unspecified atom stereocenters. The van der Waals surface area contributed by atoms with Gasteiger partial charge >= 0.3 is 0 Å². The minimum atomic E-state index is -0.414. The topological polar surface area (TPSA) is 99.6 Å². The van der Waals surface area contributed by atoms with E-state index >= 15 is 0 Å². The molecule has 0 spiro atoms. The molecule has 0 aliphatic rings. The van der Waals surface area contributed by atoms with Gasteiger partial charge in [-0.15, -0.1) is 0 Å². The zero-order chi connectivity index (χ0) is 37.6. The van der Waals surface area contributed by atoms with Crippen molar-refractivity contribution in [3.8, 4) is 33.8 Å². The number of hydrogen-bond donors (Lipinski definition) is 0. The van der Waals surface area contributed by atoms with Gasteiger partial charge in [0.1, 0.15) is 0 Å². The average Bonchev–Trinajstić information content (AvgIpc) is 3.25. The van der Waals surface area contributed by atoms with E-state index in [9.17, 15) is 14.4 Å². The molecule has 264 valence electrons. The SMILES string of the molecule is CN(C(=O)c1cc(C(=O)N(C)c2ccc(-c3ccccn3)cc2)cc(C(=O)N(C)c2ccc(-c3ccccn3)nc2)c1)c1ccc(-c2ccccc2)cc1. The largest absolute Gasteiger partial charge is 0.311 e. The van der Waals surface area contributed by atoms with Gasteiger partial charge in [0.15, 0.2) is 0 Å². The Hall–Kier alpha value is -7.26. The molecule has 0 aliphatic heterocycles. The molecular weight excluding hydrogens is 673 g/mol. The Labute approximate surface area is 313 Å². The van der Waals surface area contributed by atoms with E-state index in [1.54, 1.807) is 51.9 Å². The van der Waals surface area contributed by atoms with Crippen molar-refractivity contribution in [2.24, 2.45) is 0 Å². The molecule has 3 aromatic heterocycles. The summed E-state index contributed by atoms with van der Waals surface area (Å²) in [6.07, 6.45) is 5.02. The first-order chi connectivity index (χ1) is 26.3. The summed E-state index contributed by atoms with van der Waals surface area (Å²) in [6.45, 7) is 0. The van der Waals surface area contributed by atoms with Gasteiger partial charge in [-0.3, -0.25) is 29.3 Å². The average molecular weight is 709 g/mol. The molecule has 0 atom stereocenters. The fourth-order valence-corrected chi connectivity index (χ4v) is 6.08. The van der Waals surface area contributed by atoms with E-state index in [1.807, 2.05) is 115 Å². The number of nitrogens with zero attached hydrogens (tertiary/aromatic N) is 6. The third-order valence-corrected chi connectivity index (χ3v) is 9.23. The van der Waals surface area contributed by atoms with Crippen LogP contribution in [0.15, 0.2) is 164 Å². The van der Waals surface area contributed by atoms with E-state index < -0.39 is 5.91 Å². The van der Waals surface area contributed by atoms with E-state index in [4.69, 9.17) is 0 Å². The van der Waals surface area contributed by atoms with Crippen LogP contribution in [0.25, 0.3) is 33.8 Å². The number of rotatable bonds is 9. The minimum absolute atomic E-state index is 0.173. The second kappa shape index (κ2) is 15.5. The first-order valence-electron chi connectivity index (χ1n) is 17.3. The van der Waals surface area contributed by atoms with Gasteiger partial charge in [0.25, 0.3) is 17.7 Å². The van der Waals surface area contributed by atoms with Gasteiger partial charge in [-0.25, -0.2) is 0 Å². The summed E-state index contributed by atoms with van der Waals surface area (Å²) in [4.78, 5) is 60.1. The van der Waals surface area contributed by atoms with Crippen molar-refractivity contribution in [3.05, 3.63) is 181 Å². The summed E-state index contributed by atoms with van der Waals surface area (Å²) >= 11 is 0. The molecule has 0 bridgehead atoms. The normalized spacial score (nSPS) is 10.7. The maximum absolute atomic E-state index is 14.1. The molecule has 0 radical (unpaired) electrons. The Morgan fingerprint density at radius 1 is 0.389 bits per heavy atom. The lowest BCUT2D eigenvalue weighted by Crippen LogP contribution is -2.31. The highest BCUT2D eigenvalue weighted by atomic mass is 16.2. The standard InChI is InChI=1S/C45H36N6O3/c1-49(37-19-15-32(16-20-37)31-11-5-4-6-12-31)43(52)34-27-35(44(53)50(2)38-21-17-33(18-22-38)40-13-7-9-25-46-40)29-36(28-34)45(54)51(3)39-23-24-42(48-30-39)41-14-8-10-26-47-41/h4-30H,1-3H3. The van der Waals surface area contributed by atoms with Crippen molar-refractivity contribution in [3.63, 3.8) is 0 Å². The first-order valence-corrected chi connectivity index (χ1v) is 17.3. The molecule has 3 amide bonds. The number of carbonyl (C=O) groups excluding carboxylic acids is 3. The molecular formula is C45H36N6O3. The summed E-state index contributed by atoms with van der Waals surface area (Å²) in [5.41, 5.74) is 7.55. The number of aromatic nitrogens is 3. The van der Waals surface area contributed by atoms with Crippen molar-refractivity contribution in [2.75, 3.05) is 35.8 Å². The van der Waals surface area contributed by atoms with Gasteiger partial charge in [0, 0.05) is 67.2 Å². The smallest absolute Gasteiger partial charge is 0.258 e. The molecule has 3 heterocycles. The monoisotopic (exact) mass is 708 g/mol. The molecule has 0 saturated heterocycles. The zero-order valence-electron chi connectivity index (χ0n) is 30.0. The molecule has 7 aromatic rings. The second-order valence-corrected chi connectivity index (χ2v) is 12.7. The lowest BCUT2D eigenvalue weighted by molar-refractivity contribution is 0.0992. The van der Waals surface area contributed by atoms with Gasteiger partial charge in [-0.2, -0.15) is 0 Å². The van der Waals surface area contributed by atoms with E-state index in [1.165, 1.54) is 32.9 Å². The van der Waals surface area contributed by atoms with Crippen molar-refractivity contribution < 1.29 is 14.4 Å². The van der Waals surface area contributed by atoms with Crippen LogP contribution in [0.1, 0.15) is 31.1 Å². The molecule has 0 saturated carbocycles. The van der Waals surface area contributed by atoms with Crippen LogP contribution in [-0.4, -0.2) is 53.8 Å². The Kier molecular flexibility index (Phi) is 10.1. The zero-order valence-corrected chi connectivity index (χ0v) is 30.0. The molecule has 0 N–H and O–H groups in total. The van der Waals surface area contributed by atoms with Crippen LogP contribution in [0, 0.1) is 0 Å². The molecule has 9 heteroatoms. The highest BCUT2D eigenvalue weighted by molar-refractivity contribution is 6.14. The number of pyridine rings is 3. The van der Waals surface area contributed by atoms with Crippen LogP contribution < -0.4 is 14.7 Å². The van der Waals surface area contributed by atoms with Crippen LogP contribution >= 0.6 is 0 Å². The van der Waals surface area contributed by atoms with Crippen molar-refractivity contribution in [2.45, 2.75) is 0 Å². The number of hydrogen-bond acceptors (Lipinski definition) is 6.